The molecule has 0 radical (unpaired) electrons. The molecule has 0 amide bonds. The number of aryl methyl sites for hydroxylation is 1. The van der Waals surface area contributed by atoms with Gasteiger partial charge in [-0.3, -0.25) is 0 Å². The lowest BCUT2D eigenvalue weighted by molar-refractivity contribution is 0.0661. The van der Waals surface area contributed by atoms with Crippen LogP contribution in [0.5, 0.6) is 0 Å². The number of hydrogen-bond donors (Lipinski definition) is 1. The summed E-state index contributed by atoms with van der Waals surface area (Å²) in [5.74, 6) is 0.600. The molecule has 134 valence electrons. The first-order valence-electron chi connectivity index (χ1n) is 9.01. The van der Waals surface area contributed by atoms with Gasteiger partial charge in [0.1, 0.15) is 12.1 Å². The number of rotatable bonds is 5. The summed E-state index contributed by atoms with van der Waals surface area (Å²) >= 11 is 0. The number of aromatic nitrogens is 3. The molecule has 0 spiro atoms. The quantitative estimate of drug-likeness (QED) is 0.905. The zero-order chi connectivity index (χ0) is 17.4. The molecule has 1 N–H and O–H groups in total. The normalized spacial score (nSPS) is 28.4. The smallest absolute Gasteiger partial charge is 0.105 e. The molecular formula is C19H26N4O2. The predicted octanol–water partition coefficient (Wildman–Crippen LogP) is 2.51. The largest absolute Gasteiger partial charge is 0.377 e. The fourth-order valence-electron chi connectivity index (χ4n) is 4.25. The third kappa shape index (κ3) is 3.10. The van der Waals surface area contributed by atoms with Crippen LogP contribution in [0, 0.1) is 6.92 Å². The maximum atomic E-state index is 5.50. The minimum atomic E-state index is 0.0491. The Morgan fingerprint density at radius 3 is 3.08 bits per heavy atom. The minimum Gasteiger partial charge on any atom is -0.377 e. The topological polar surface area (TPSA) is 61.2 Å². The molecule has 4 rings (SSSR count). The second-order valence-electron chi connectivity index (χ2n) is 7.22. The van der Waals surface area contributed by atoms with Gasteiger partial charge in [-0.15, -0.1) is 5.10 Å². The highest BCUT2D eigenvalue weighted by Gasteiger charge is 2.31. The minimum absolute atomic E-state index is 0.0491. The summed E-state index contributed by atoms with van der Waals surface area (Å²) in [6.45, 7) is 6.48. The summed E-state index contributed by atoms with van der Waals surface area (Å²) in [6, 6.07) is 7.11. The van der Waals surface area contributed by atoms with Crippen molar-refractivity contribution < 1.29 is 9.47 Å². The van der Waals surface area contributed by atoms with E-state index in [4.69, 9.17) is 9.47 Å². The fraction of sp³-hybridized carbons (Fsp3) is 0.579. The maximum absolute atomic E-state index is 5.50. The summed E-state index contributed by atoms with van der Waals surface area (Å²) in [4.78, 5) is 0. The van der Waals surface area contributed by atoms with Crippen LogP contribution in [0.1, 0.15) is 53.7 Å². The van der Waals surface area contributed by atoms with Gasteiger partial charge in [-0.25, -0.2) is 4.68 Å². The second-order valence-corrected chi connectivity index (χ2v) is 7.22. The second kappa shape index (κ2) is 6.86. The number of hydrogen-bond acceptors (Lipinski definition) is 5. The van der Waals surface area contributed by atoms with Gasteiger partial charge in [0, 0.05) is 19.7 Å². The molecule has 6 nitrogen and oxygen atoms in total. The SMILES string of the molecule is CO[C@@H]1COC[C@H]1n1cc(CNC2CC(C)c3c(C)cccc32)nn1. The van der Waals surface area contributed by atoms with E-state index >= 15 is 0 Å². The molecule has 1 aliphatic heterocycles. The van der Waals surface area contributed by atoms with Crippen molar-refractivity contribution >= 4 is 0 Å². The Bertz CT molecular complexity index is 745. The van der Waals surface area contributed by atoms with Crippen molar-refractivity contribution in [1.29, 1.82) is 0 Å². The average molecular weight is 342 g/mol. The Kier molecular flexibility index (Phi) is 4.58. The van der Waals surface area contributed by atoms with Gasteiger partial charge >= 0.3 is 0 Å². The fourth-order valence-corrected chi connectivity index (χ4v) is 4.25. The van der Waals surface area contributed by atoms with Gasteiger partial charge in [-0.1, -0.05) is 30.3 Å². The standard InChI is InChI=1S/C19H26N4O2/c1-12-5-4-6-15-16(7-13(2)19(12)15)20-8-14-9-23(22-21-14)17-10-25-11-18(17)24-3/h4-6,9,13,16-18,20H,7-8,10-11H2,1-3H3/t13?,16?,17-,18-/m1/s1. The van der Waals surface area contributed by atoms with E-state index in [1.165, 1.54) is 16.7 Å². The van der Waals surface area contributed by atoms with Gasteiger partial charge in [0.2, 0.25) is 0 Å². The van der Waals surface area contributed by atoms with Crippen molar-refractivity contribution in [1.82, 2.24) is 20.3 Å². The van der Waals surface area contributed by atoms with Gasteiger partial charge in [0.05, 0.1) is 25.1 Å². The van der Waals surface area contributed by atoms with E-state index in [-0.39, 0.29) is 12.1 Å². The molecule has 2 aliphatic rings. The van der Waals surface area contributed by atoms with Crippen LogP contribution in [-0.4, -0.2) is 41.4 Å². The first-order chi connectivity index (χ1) is 12.2. The summed E-state index contributed by atoms with van der Waals surface area (Å²) in [6.07, 6.45) is 3.19. The highest BCUT2D eigenvalue weighted by Crippen LogP contribution is 2.41. The third-order valence-corrected chi connectivity index (χ3v) is 5.55. The molecule has 6 heteroatoms. The van der Waals surface area contributed by atoms with Crippen LogP contribution >= 0.6 is 0 Å². The third-order valence-electron chi connectivity index (χ3n) is 5.55. The molecule has 2 heterocycles. The maximum Gasteiger partial charge on any atom is 0.105 e. The molecule has 1 fully saturated rings. The Labute approximate surface area is 148 Å². The van der Waals surface area contributed by atoms with Crippen molar-refractivity contribution in [3.8, 4) is 0 Å². The van der Waals surface area contributed by atoms with Crippen molar-refractivity contribution in [3.05, 3.63) is 46.8 Å². The summed E-state index contributed by atoms with van der Waals surface area (Å²) in [5, 5.41) is 12.3. The lowest BCUT2D eigenvalue weighted by Crippen LogP contribution is -2.24. The summed E-state index contributed by atoms with van der Waals surface area (Å²) < 4.78 is 12.8. The van der Waals surface area contributed by atoms with E-state index < -0.39 is 0 Å². The van der Waals surface area contributed by atoms with Crippen LogP contribution in [0.3, 0.4) is 0 Å². The molecule has 1 saturated heterocycles. The molecule has 0 bridgehead atoms. The number of nitrogens with one attached hydrogen (secondary N) is 1. The Morgan fingerprint density at radius 2 is 2.24 bits per heavy atom. The van der Waals surface area contributed by atoms with Crippen LogP contribution in [0.25, 0.3) is 0 Å². The number of methoxy groups -OCH3 is 1. The van der Waals surface area contributed by atoms with Crippen molar-refractivity contribution in [2.24, 2.45) is 0 Å². The van der Waals surface area contributed by atoms with Crippen LogP contribution in [0.2, 0.25) is 0 Å². The van der Waals surface area contributed by atoms with Crippen LogP contribution in [0.15, 0.2) is 24.4 Å². The summed E-state index contributed by atoms with van der Waals surface area (Å²) in [5.41, 5.74) is 5.29. The Hall–Kier alpha value is -1.76. The molecule has 4 atom stereocenters. The van der Waals surface area contributed by atoms with E-state index in [9.17, 15) is 0 Å². The number of benzene rings is 1. The Balaban J connectivity index is 1.43. The number of ether oxygens (including phenoxy) is 2. The van der Waals surface area contributed by atoms with E-state index in [1.54, 1.807) is 7.11 Å². The zero-order valence-corrected chi connectivity index (χ0v) is 15.1. The lowest BCUT2D eigenvalue weighted by Gasteiger charge is -2.15. The molecule has 25 heavy (non-hydrogen) atoms. The molecule has 1 aliphatic carbocycles. The monoisotopic (exact) mass is 342 g/mol. The molecule has 1 aromatic heterocycles. The highest BCUT2D eigenvalue weighted by molar-refractivity contribution is 5.43. The van der Waals surface area contributed by atoms with Crippen LogP contribution in [-0.2, 0) is 16.0 Å². The van der Waals surface area contributed by atoms with Gasteiger partial charge < -0.3 is 14.8 Å². The molecule has 1 aromatic carbocycles. The molecule has 0 saturated carbocycles. The van der Waals surface area contributed by atoms with Crippen LogP contribution < -0.4 is 5.32 Å². The molecular weight excluding hydrogens is 316 g/mol. The Morgan fingerprint density at radius 1 is 1.36 bits per heavy atom. The van der Waals surface area contributed by atoms with Crippen molar-refractivity contribution in [3.63, 3.8) is 0 Å². The van der Waals surface area contributed by atoms with Crippen LogP contribution in [0.4, 0.5) is 0 Å². The van der Waals surface area contributed by atoms with Crippen molar-refractivity contribution in [2.75, 3.05) is 20.3 Å². The lowest BCUT2D eigenvalue weighted by atomic mass is 9.98. The van der Waals surface area contributed by atoms with Gasteiger partial charge in [0.15, 0.2) is 0 Å². The van der Waals surface area contributed by atoms with E-state index in [2.05, 4.69) is 47.7 Å². The van der Waals surface area contributed by atoms with E-state index in [0.717, 1.165) is 18.7 Å². The van der Waals surface area contributed by atoms with Gasteiger partial charge in [-0.05, 0) is 36.0 Å². The van der Waals surface area contributed by atoms with E-state index in [0.29, 0.717) is 25.2 Å². The van der Waals surface area contributed by atoms with Gasteiger partial charge in [-0.2, -0.15) is 0 Å². The average Bonchev–Trinajstić information content (AvgIpc) is 3.31. The number of nitrogens with zero attached hydrogens (tertiary/aromatic N) is 3. The highest BCUT2D eigenvalue weighted by atomic mass is 16.5. The van der Waals surface area contributed by atoms with Crippen molar-refractivity contribution in [2.45, 2.75) is 50.9 Å². The predicted molar refractivity (Wildman–Crippen MR) is 94.5 cm³/mol. The zero-order valence-electron chi connectivity index (χ0n) is 15.1. The first kappa shape index (κ1) is 16.7. The summed E-state index contributed by atoms with van der Waals surface area (Å²) in [7, 11) is 1.71. The first-order valence-corrected chi connectivity index (χ1v) is 9.01. The number of fused-ring (bicyclic) bond motifs is 1. The van der Waals surface area contributed by atoms with E-state index in [1.807, 2.05) is 10.9 Å². The molecule has 2 unspecified atom stereocenters. The van der Waals surface area contributed by atoms with Gasteiger partial charge in [0.25, 0.3) is 0 Å². The molecule has 2 aromatic rings.